The van der Waals surface area contributed by atoms with E-state index in [1.165, 1.54) is 7.11 Å². The van der Waals surface area contributed by atoms with E-state index in [1.54, 1.807) is 14.0 Å². The molecule has 7 heteroatoms. The van der Waals surface area contributed by atoms with Crippen LogP contribution in [0.3, 0.4) is 0 Å². The Morgan fingerprint density at radius 2 is 1.86 bits per heavy atom. The first-order valence-corrected chi connectivity index (χ1v) is 9.92. The highest BCUT2D eigenvalue weighted by molar-refractivity contribution is 5.77. The lowest BCUT2D eigenvalue weighted by Gasteiger charge is -2.35. The molecule has 1 aromatic heterocycles. The Labute approximate surface area is 171 Å². The molecular weight excluding hydrogens is 374 g/mol. The summed E-state index contributed by atoms with van der Waals surface area (Å²) in [5, 5.41) is 0. The van der Waals surface area contributed by atoms with Gasteiger partial charge in [0.1, 0.15) is 11.5 Å². The predicted molar refractivity (Wildman–Crippen MR) is 107 cm³/mol. The molecule has 0 aliphatic carbocycles. The number of methoxy groups -OCH3 is 2. The molecule has 2 heterocycles. The van der Waals surface area contributed by atoms with E-state index in [0.717, 1.165) is 48.5 Å². The predicted octanol–water partition coefficient (Wildman–Crippen LogP) is 3.92. The maximum absolute atomic E-state index is 11.7. The third-order valence-corrected chi connectivity index (χ3v) is 5.25. The average molecular weight is 403 g/mol. The number of carbonyl (C=O) groups excluding carboxylic acids is 1. The quantitative estimate of drug-likeness (QED) is 0.488. The summed E-state index contributed by atoms with van der Waals surface area (Å²) < 4.78 is 27.0. The molecule has 0 N–H and O–H groups in total. The van der Waals surface area contributed by atoms with Crippen molar-refractivity contribution < 1.29 is 28.2 Å². The molecule has 1 aliphatic heterocycles. The first-order chi connectivity index (χ1) is 13.9. The maximum Gasteiger partial charge on any atom is 0.366 e. The molecule has 1 saturated heterocycles. The molecule has 1 aromatic carbocycles. The highest BCUT2D eigenvalue weighted by Gasteiger charge is 2.41. The number of aryl methyl sites for hydroxylation is 2. The highest BCUT2D eigenvalue weighted by Crippen LogP contribution is 2.27. The van der Waals surface area contributed by atoms with E-state index in [-0.39, 0.29) is 5.92 Å². The number of unbranched alkanes of at least 4 members (excludes halogenated alkanes) is 1. The van der Waals surface area contributed by atoms with Gasteiger partial charge in [-0.3, -0.25) is 0 Å². The molecule has 0 bridgehead atoms. The largest absolute Gasteiger partial charge is 0.497 e. The van der Waals surface area contributed by atoms with Crippen molar-refractivity contribution >= 4 is 5.97 Å². The van der Waals surface area contributed by atoms with Crippen molar-refractivity contribution in [1.82, 2.24) is 4.98 Å². The third kappa shape index (κ3) is 5.16. The van der Waals surface area contributed by atoms with Crippen LogP contribution < -0.4 is 4.74 Å². The fourth-order valence-corrected chi connectivity index (χ4v) is 3.36. The summed E-state index contributed by atoms with van der Waals surface area (Å²) in [4.78, 5) is 16.3. The van der Waals surface area contributed by atoms with E-state index < -0.39 is 11.8 Å². The van der Waals surface area contributed by atoms with Gasteiger partial charge in [0.2, 0.25) is 5.89 Å². The summed E-state index contributed by atoms with van der Waals surface area (Å²) in [6, 6.07) is 7.68. The summed E-state index contributed by atoms with van der Waals surface area (Å²) in [5.74, 6) is 0.803. The van der Waals surface area contributed by atoms with Crippen molar-refractivity contribution in [2.75, 3.05) is 27.4 Å². The van der Waals surface area contributed by atoms with Crippen LogP contribution in [0.25, 0.3) is 11.5 Å². The van der Waals surface area contributed by atoms with Crippen LogP contribution in [0, 0.1) is 12.8 Å². The lowest BCUT2D eigenvalue weighted by molar-refractivity contribution is -0.272. The van der Waals surface area contributed by atoms with Crippen molar-refractivity contribution in [3.63, 3.8) is 0 Å². The van der Waals surface area contributed by atoms with Crippen LogP contribution in [0.5, 0.6) is 5.75 Å². The number of benzene rings is 1. The molecule has 3 rings (SSSR count). The first kappa shape index (κ1) is 21.3. The lowest BCUT2D eigenvalue weighted by atomic mass is 10.0. The van der Waals surface area contributed by atoms with Crippen LogP contribution in [0.1, 0.15) is 37.6 Å². The van der Waals surface area contributed by atoms with Crippen LogP contribution >= 0.6 is 0 Å². The minimum Gasteiger partial charge on any atom is -0.497 e. The van der Waals surface area contributed by atoms with Crippen molar-refractivity contribution in [2.45, 2.75) is 45.3 Å². The second-order valence-corrected chi connectivity index (χ2v) is 7.42. The molecule has 0 spiro atoms. The van der Waals surface area contributed by atoms with Crippen LogP contribution in [0.4, 0.5) is 0 Å². The van der Waals surface area contributed by atoms with E-state index in [9.17, 15) is 4.79 Å². The molecule has 0 unspecified atom stereocenters. The molecule has 29 heavy (non-hydrogen) atoms. The average Bonchev–Trinajstić information content (AvgIpc) is 3.12. The number of ether oxygens (including phenoxy) is 4. The Kier molecular flexibility index (Phi) is 6.92. The van der Waals surface area contributed by atoms with E-state index in [2.05, 4.69) is 4.98 Å². The highest BCUT2D eigenvalue weighted by atomic mass is 16.7. The Morgan fingerprint density at radius 3 is 2.48 bits per heavy atom. The molecule has 0 atom stereocenters. The van der Waals surface area contributed by atoms with Crippen molar-refractivity contribution in [3.8, 4) is 17.2 Å². The maximum atomic E-state index is 11.7. The van der Waals surface area contributed by atoms with Crippen LogP contribution in [-0.2, 0) is 25.4 Å². The van der Waals surface area contributed by atoms with Gasteiger partial charge in [-0.05, 0) is 50.5 Å². The fourth-order valence-electron chi connectivity index (χ4n) is 3.36. The van der Waals surface area contributed by atoms with Crippen molar-refractivity contribution in [3.05, 3.63) is 35.7 Å². The Hall–Kier alpha value is -2.38. The number of hydrogen-bond donors (Lipinski definition) is 0. The van der Waals surface area contributed by atoms with E-state index in [4.69, 9.17) is 23.4 Å². The molecule has 0 amide bonds. The standard InChI is InChI=1S/C22H29NO6/c1-15-19(23-20(29-15)17-9-11-18(25-3)12-10-17)8-6-5-7-16-13-27-22(2,28-14-16)21(24)26-4/h9-12,16H,5-8,13-14H2,1-4H3. The summed E-state index contributed by atoms with van der Waals surface area (Å²) >= 11 is 0. The molecular formula is C22H29NO6. The number of oxazole rings is 1. The van der Waals surface area contributed by atoms with Crippen LogP contribution in [0.2, 0.25) is 0 Å². The van der Waals surface area contributed by atoms with Crippen LogP contribution in [-0.4, -0.2) is 44.2 Å². The molecule has 2 aromatic rings. The number of nitrogens with zero attached hydrogens (tertiary/aromatic N) is 1. The van der Waals surface area contributed by atoms with E-state index >= 15 is 0 Å². The topological polar surface area (TPSA) is 80.0 Å². The van der Waals surface area contributed by atoms with E-state index in [0.29, 0.717) is 19.1 Å². The Bertz CT molecular complexity index is 805. The van der Waals surface area contributed by atoms with Gasteiger partial charge < -0.3 is 23.4 Å². The molecule has 0 saturated carbocycles. The molecule has 1 aliphatic rings. The summed E-state index contributed by atoms with van der Waals surface area (Å²) in [5.41, 5.74) is 1.93. The van der Waals surface area contributed by atoms with Gasteiger partial charge in [-0.1, -0.05) is 6.42 Å². The van der Waals surface area contributed by atoms with E-state index in [1.807, 2.05) is 31.2 Å². The fraction of sp³-hybridized carbons (Fsp3) is 0.545. The SMILES string of the molecule is COC(=O)C1(C)OCC(CCCCc2nc(-c3ccc(OC)cc3)oc2C)CO1. The number of carbonyl (C=O) groups is 1. The van der Waals surface area contributed by atoms with Gasteiger partial charge in [0.15, 0.2) is 0 Å². The summed E-state index contributed by atoms with van der Waals surface area (Å²) in [6.07, 6.45) is 3.86. The molecule has 158 valence electrons. The summed E-state index contributed by atoms with van der Waals surface area (Å²) in [6.45, 7) is 4.54. The second kappa shape index (κ2) is 9.41. The lowest BCUT2D eigenvalue weighted by Crippen LogP contribution is -2.48. The molecule has 1 fully saturated rings. The Balaban J connectivity index is 1.44. The van der Waals surface area contributed by atoms with Crippen molar-refractivity contribution in [1.29, 1.82) is 0 Å². The third-order valence-electron chi connectivity index (χ3n) is 5.25. The number of aromatic nitrogens is 1. The van der Waals surface area contributed by atoms with Gasteiger partial charge in [0.05, 0.1) is 33.1 Å². The zero-order valence-electron chi connectivity index (χ0n) is 17.5. The van der Waals surface area contributed by atoms with Gasteiger partial charge in [-0.25, -0.2) is 9.78 Å². The van der Waals surface area contributed by atoms with Gasteiger partial charge >= 0.3 is 5.97 Å². The molecule has 7 nitrogen and oxygen atoms in total. The Morgan fingerprint density at radius 1 is 1.17 bits per heavy atom. The first-order valence-electron chi connectivity index (χ1n) is 9.92. The van der Waals surface area contributed by atoms with Gasteiger partial charge in [0, 0.05) is 18.4 Å². The zero-order chi connectivity index (χ0) is 20.9. The van der Waals surface area contributed by atoms with Gasteiger partial charge in [-0.2, -0.15) is 0 Å². The van der Waals surface area contributed by atoms with Gasteiger partial charge in [0.25, 0.3) is 5.79 Å². The normalized spacial score (nSPS) is 21.7. The number of hydrogen-bond acceptors (Lipinski definition) is 7. The smallest absolute Gasteiger partial charge is 0.366 e. The number of esters is 1. The van der Waals surface area contributed by atoms with Gasteiger partial charge in [-0.15, -0.1) is 0 Å². The molecule has 0 radical (unpaired) electrons. The minimum atomic E-state index is -1.28. The zero-order valence-corrected chi connectivity index (χ0v) is 17.5. The summed E-state index contributed by atoms with van der Waals surface area (Å²) in [7, 11) is 2.98. The van der Waals surface area contributed by atoms with Crippen LogP contribution in [0.15, 0.2) is 28.7 Å². The minimum absolute atomic E-state index is 0.279. The van der Waals surface area contributed by atoms with Crippen molar-refractivity contribution in [2.24, 2.45) is 5.92 Å². The monoisotopic (exact) mass is 403 g/mol. The number of rotatable bonds is 8. The second-order valence-electron chi connectivity index (χ2n) is 7.42.